The van der Waals surface area contributed by atoms with Gasteiger partial charge in [0, 0.05) is 13.1 Å². The molecule has 0 radical (unpaired) electrons. The average Bonchev–Trinajstić information content (AvgIpc) is 2.38. The van der Waals surface area contributed by atoms with Gasteiger partial charge in [0.2, 0.25) is 0 Å². The van der Waals surface area contributed by atoms with E-state index in [0.717, 1.165) is 0 Å². The highest BCUT2D eigenvalue weighted by Gasteiger charge is 2.28. The quantitative estimate of drug-likeness (QED) is 0.303. The van der Waals surface area contributed by atoms with Crippen LogP contribution < -0.4 is 0 Å². The van der Waals surface area contributed by atoms with E-state index in [1.54, 1.807) is 0 Å². The Hall–Kier alpha value is -0.380. The van der Waals surface area contributed by atoms with E-state index in [4.69, 9.17) is 10.2 Å². The fourth-order valence-corrected chi connectivity index (χ4v) is 2.14. The molecule has 0 aliphatic carbocycles. The summed E-state index contributed by atoms with van der Waals surface area (Å²) in [4.78, 5) is 12.6. The van der Waals surface area contributed by atoms with Gasteiger partial charge in [0.1, 0.15) is 6.04 Å². The van der Waals surface area contributed by atoms with Crippen LogP contribution in [-0.4, -0.2) is 93.0 Å². The molecule has 8 heteroatoms. The van der Waals surface area contributed by atoms with Gasteiger partial charge in [-0.15, -0.1) is 0 Å². The van der Waals surface area contributed by atoms with Crippen molar-refractivity contribution in [1.29, 1.82) is 0 Å². The van der Waals surface area contributed by atoms with Crippen LogP contribution in [0.15, 0.2) is 0 Å². The van der Waals surface area contributed by atoms with E-state index in [1.807, 2.05) is 6.26 Å². The molecule has 0 aliphatic heterocycles. The largest absolute Gasteiger partial charge is 0.480 e. The molecule has 3 atom stereocenters. The van der Waals surface area contributed by atoms with Crippen molar-refractivity contribution >= 4 is 17.7 Å². The summed E-state index contributed by atoms with van der Waals surface area (Å²) in [6.45, 7) is -1.11. The molecule has 7 nitrogen and oxygen atoms in total. The number of carboxylic acids is 1. The third-order valence-corrected chi connectivity index (χ3v) is 3.28. The van der Waals surface area contributed by atoms with Gasteiger partial charge in [-0.1, -0.05) is 0 Å². The maximum absolute atomic E-state index is 11.2. The zero-order valence-electron chi connectivity index (χ0n) is 11.0. The molecule has 0 spiro atoms. The molecule has 0 saturated heterocycles. The van der Waals surface area contributed by atoms with E-state index in [-0.39, 0.29) is 13.1 Å². The van der Waals surface area contributed by atoms with Crippen LogP contribution in [-0.2, 0) is 4.79 Å². The Morgan fingerprint density at radius 2 is 1.63 bits per heavy atom. The first-order valence-electron chi connectivity index (χ1n) is 5.99. The SMILES string of the molecule is CSCCC(C(=O)O)N(CC(O)CO)CC(O)CO. The molecule has 19 heavy (non-hydrogen) atoms. The molecule has 0 aromatic heterocycles. The number of carboxylic acid groups (broad SMARTS) is 1. The summed E-state index contributed by atoms with van der Waals surface area (Å²) in [5.74, 6) is -0.429. The molecule has 5 N–H and O–H groups in total. The van der Waals surface area contributed by atoms with Gasteiger partial charge in [-0.25, -0.2) is 0 Å². The Kier molecular flexibility index (Phi) is 10.2. The molecule has 0 bridgehead atoms. The van der Waals surface area contributed by atoms with Gasteiger partial charge in [0.15, 0.2) is 0 Å². The first-order valence-corrected chi connectivity index (χ1v) is 7.39. The van der Waals surface area contributed by atoms with Gasteiger partial charge < -0.3 is 25.5 Å². The third-order valence-electron chi connectivity index (χ3n) is 2.63. The Labute approximate surface area is 116 Å². The molecular formula is C11H23NO6S. The predicted octanol–water partition coefficient (Wildman–Crippen LogP) is -1.80. The van der Waals surface area contributed by atoms with Crippen molar-refractivity contribution in [2.45, 2.75) is 24.7 Å². The van der Waals surface area contributed by atoms with Crippen molar-refractivity contribution in [3.63, 3.8) is 0 Å². The third kappa shape index (κ3) is 7.71. The van der Waals surface area contributed by atoms with Gasteiger partial charge in [0.05, 0.1) is 25.4 Å². The minimum atomic E-state index is -1.08. The highest BCUT2D eigenvalue weighted by Crippen LogP contribution is 2.11. The summed E-state index contributed by atoms with van der Waals surface area (Å²) in [6.07, 6.45) is 0.0466. The van der Waals surface area contributed by atoms with Crippen molar-refractivity contribution in [2.75, 3.05) is 38.3 Å². The molecule has 114 valence electrons. The first-order chi connectivity index (χ1) is 8.96. The summed E-state index contributed by atoms with van der Waals surface area (Å²) in [6, 6.07) is -0.866. The number of hydrogen-bond donors (Lipinski definition) is 5. The molecule has 0 aliphatic rings. The monoisotopic (exact) mass is 297 g/mol. The molecule has 0 fully saturated rings. The van der Waals surface area contributed by atoms with E-state index in [0.29, 0.717) is 12.2 Å². The lowest BCUT2D eigenvalue weighted by Gasteiger charge is -2.31. The first kappa shape index (κ1) is 18.6. The summed E-state index contributed by atoms with van der Waals surface area (Å²) in [5, 5.41) is 45.7. The van der Waals surface area contributed by atoms with Crippen LogP contribution in [0.25, 0.3) is 0 Å². The number of rotatable bonds is 11. The molecule has 3 unspecified atom stereocenters. The second-order valence-corrected chi connectivity index (χ2v) is 5.25. The van der Waals surface area contributed by atoms with Gasteiger partial charge in [-0.05, 0) is 18.4 Å². The fraction of sp³-hybridized carbons (Fsp3) is 0.909. The Bertz CT molecular complexity index is 243. The van der Waals surface area contributed by atoms with E-state index >= 15 is 0 Å². The van der Waals surface area contributed by atoms with Crippen LogP contribution in [0.1, 0.15) is 6.42 Å². The fourth-order valence-electron chi connectivity index (χ4n) is 1.68. The van der Waals surface area contributed by atoms with Crippen LogP contribution in [0, 0.1) is 0 Å². The number of hydrogen-bond acceptors (Lipinski definition) is 7. The van der Waals surface area contributed by atoms with Crippen molar-refractivity contribution in [2.24, 2.45) is 0 Å². The molecule has 0 heterocycles. The number of aliphatic hydroxyl groups is 4. The lowest BCUT2D eigenvalue weighted by atomic mass is 10.1. The topological polar surface area (TPSA) is 121 Å². The molecule has 0 aromatic rings. The maximum atomic E-state index is 11.2. The van der Waals surface area contributed by atoms with E-state index < -0.39 is 37.4 Å². The van der Waals surface area contributed by atoms with Crippen LogP contribution in [0.2, 0.25) is 0 Å². The van der Waals surface area contributed by atoms with Crippen LogP contribution >= 0.6 is 11.8 Å². The zero-order chi connectivity index (χ0) is 14.8. The molecular weight excluding hydrogens is 274 g/mol. The van der Waals surface area contributed by atoms with Gasteiger partial charge in [0.25, 0.3) is 0 Å². The number of aliphatic carboxylic acids is 1. The van der Waals surface area contributed by atoms with Crippen LogP contribution in [0.5, 0.6) is 0 Å². The van der Waals surface area contributed by atoms with E-state index in [2.05, 4.69) is 0 Å². The number of nitrogens with zero attached hydrogens (tertiary/aromatic N) is 1. The number of thioether (sulfide) groups is 1. The highest BCUT2D eigenvalue weighted by atomic mass is 32.2. The minimum Gasteiger partial charge on any atom is -0.480 e. The summed E-state index contributed by atoms with van der Waals surface area (Å²) >= 11 is 1.50. The van der Waals surface area contributed by atoms with Crippen molar-refractivity contribution in [3.8, 4) is 0 Å². The van der Waals surface area contributed by atoms with Crippen LogP contribution in [0.3, 0.4) is 0 Å². The van der Waals surface area contributed by atoms with Crippen molar-refractivity contribution in [1.82, 2.24) is 4.90 Å². The summed E-state index contributed by atoms with van der Waals surface area (Å²) in [7, 11) is 0. The van der Waals surface area contributed by atoms with E-state index in [1.165, 1.54) is 16.7 Å². The molecule has 0 aromatic carbocycles. The number of aliphatic hydroxyl groups excluding tert-OH is 4. The van der Waals surface area contributed by atoms with Crippen molar-refractivity contribution < 1.29 is 30.3 Å². The lowest BCUT2D eigenvalue weighted by molar-refractivity contribution is -0.144. The van der Waals surface area contributed by atoms with Gasteiger partial charge in [-0.2, -0.15) is 11.8 Å². The highest BCUT2D eigenvalue weighted by molar-refractivity contribution is 7.98. The zero-order valence-corrected chi connectivity index (χ0v) is 11.8. The second kappa shape index (κ2) is 10.4. The summed E-state index contributed by atoms with van der Waals surface area (Å²) < 4.78 is 0. The van der Waals surface area contributed by atoms with Crippen molar-refractivity contribution in [3.05, 3.63) is 0 Å². The molecule has 0 saturated carbocycles. The Morgan fingerprint density at radius 3 is 1.95 bits per heavy atom. The predicted molar refractivity (Wildman–Crippen MR) is 72.2 cm³/mol. The van der Waals surface area contributed by atoms with Gasteiger partial charge >= 0.3 is 5.97 Å². The maximum Gasteiger partial charge on any atom is 0.320 e. The van der Waals surface area contributed by atoms with Gasteiger partial charge in [-0.3, -0.25) is 9.69 Å². The normalized spacial score (nSPS) is 16.3. The summed E-state index contributed by atoms with van der Waals surface area (Å²) in [5.41, 5.74) is 0. The second-order valence-electron chi connectivity index (χ2n) is 4.26. The Balaban J connectivity index is 4.76. The minimum absolute atomic E-state index is 0.0705. The standard InChI is InChI=1S/C11H23NO6S/c1-19-3-2-10(11(17)18)12(4-8(15)6-13)5-9(16)7-14/h8-10,13-16H,2-7H2,1H3,(H,17,18). The smallest absolute Gasteiger partial charge is 0.320 e. The molecule has 0 rings (SSSR count). The van der Waals surface area contributed by atoms with E-state index in [9.17, 15) is 20.1 Å². The van der Waals surface area contributed by atoms with Crippen LogP contribution in [0.4, 0.5) is 0 Å². The number of carbonyl (C=O) groups is 1. The molecule has 0 amide bonds. The lowest BCUT2D eigenvalue weighted by Crippen LogP contribution is -2.49. The average molecular weight is 297 g/mol. The Morgan fingerprint density at radius 1 is 1.16 bits per heavy atom.